The molecule has 5 nitrogen and oxygen atoms in total. The monoisotopic (exact) mass is 328 g/mol. The van der Waals surface area contributed by atoms with Crippen LogP contribution in [-0.4, -0.2) is 21.9 Å². The zero-order valence-electron chi connectivity index (χ0n) is 13.2. The summed E-state index contributed by atoms with van der Waals surface area (Å²) in [6.07, 6.45) is 3.15. The summed E-state index contributed by atoms with van der Waals surface area (Å²) in [6, 6.07) is 9.68. The highest BCUT2D eigenvalue weighted by Crippen LogP contribution is 2.31. The summed E-state index contributed by atoms with van der Waals surface area (Å²) in [4.78, 5) is 3.99. The highest BCUT2D eigenvalue weighted by molar-refractivity contribution is 6.31. The molecule has 1 aromatic heterocycles. The van der Waals surface area contributed by atoms with Crippen LogP contribution in [0, 0.1) is 13.8 Å². The van der Waals surface area contributed by atoms with Crippen LogP contribution >= 0.6 is 11.6 Å². The molecule has 0 aliphatic carbocycles. The molecule has 2 aromatic carbocycles. The number of ether oxygens (including phenoxy) is 1. The van der Waals surface area contributed by atoms with Gasteiger partial charge in [0.1, 0.15) is 18.4 Å². The first-order chi connectivity index (χ1) is 11.1. The molecule has 0 radical (unpaired) electrons. The van der Waals surface area contributed by atoms with Crippen molar-refractivity contribution in [3.63, 3.8) is 0 Å². The largest absolute Gasteiger partial charge is 0.496 e. The van der Waals surface area contributed by atoms with E-state index in [4.69, 9.17) is 16.3 Å². The van der Waals surface area contributed by atoms with Gasteiger partial charge in [-0.15, -0.1) is 0 Å². The van der Waals surface area contributed by atoms with Crippen LogP contribution in [0.25, 0.3) is 5.69 Å². The van der Waals surface area contributed by atoms with Gasteiger partial charge in [-0.25, -0.2) is 9.67 Å². The van der Waals surface area contributed by atoms with Gasteiger partial charge in [-0.3, -0.25) is 0 Å². The Bertz CT molecular complexity index is 808. The molecule has 1 heterocycles. The first-order valence-corrected chi connectivity index (χ1v) is 7.53. The van der Waals surface area contributed by atoms with Gasteiger partial charge in [0.05, 0.1) is 18.5 Å². The standard InChI is InChI=1S/C17H17ClN4O/c1-11-6-14(7-12(2)17(11)23-3)21-15-8-13(18)4-5-16(15)22-10-19-9-20-22/h4-10,21H,1-3H3. The topological polar surface area (TPSA) is 52.0 Å². The number of hydrogen-bond acceptors (Lipinski definition) is 4. The van der Waals surface area contributed by atoms with Gasteiger partial charge >= 0.3 is 0 Å². The molecule has 118 valence electrons. The highest BCUT2D eigenvalue weighted by atomic mass is 35.5. The van der Waals surface area contributed by atoms with Crippen molar-refractivity contribution >= 4 is 23.0 Å². The number of hydrogen-bond donors (Lipinski definition) is 1. The first-order valence-electron chi connectivity index (χ1n) is 7.15. The highest BCUT2D eigenvalue weighted by Gasteiger charge is 2.10. The van der Waals surface area contributed by atoms with Gasteiger partial charge in [-0.1, -0.05) is 11.6 Å². The number of nitrogens with zero attached hydrogens (tertiary/aromatic N) is 3. The number of aromatic nitrogens is 3. The third-order valence-corrected chi connectivity index (χ3v) is 3.80. The maximum atomic E-state index is 6.15. The van der Waals surface area contributed by atoms with Gasteiger partial charge in [0.2, 0.25) is 0 Å². The molecule has 0 spiro atoms. The van der Waals surface area contributed by atoms with Gasteiger partial charge in [-0.2, -0.15) is 5.10 Å². The second kappa shape index (κ2) is 6.30. The van der Waals surface area contributed by atoms with E-state index in [9.17, 15) is 0 Å². The van der Waals surface area contributed by atoms with Gasteiger partial charge in [-0.05, 0) is 55.3 Å². The molecule has 0 aliphatic rings. The van der Waals surface area contributed by atoms with Crippen molar-refractivity contribution in [3.8, 4) is 11.4 Å². The minimum atomic E-state index is 0.651. The zero-order valence-corrected chi connectivity index (χ0v) is 13.9. The molecule has 1 N–H and O–H groups in total. The van der Waals surface area contributed by atoms with Crippen molar-refractivity contribution in [2.24, 2.45) is 0 Å². The molecular formula is C17H17ClN4O. The van der Waals surface area contributed by atoms with Crippen molar-refractivity contribution in [2.45, 2.75) is 13.8 Å². The van der Waals surface area contributed by atoms with Crippen molar-refractivity contribution in [1.82, 2.24) is 14.8 Å². The van der Waals surface area contributed by atoms with E-state index >= 15 is 0 Å². The number of rotatable bonds is 4. The third-order valence-electron chi connectivity index (χ3n) is 3.57. The smallest absolute Gasteiger partial charge is 0.138 e. The van der Waals surface area contributed by atoms with Crippen molar-refractivity contribution < 1.29 is 4.74 Å². The summed E-state index contributed by atoms with van der Waals surface area (Å²) in [5.41, 5.74) is 4.83. The Labute approximate surface area is 139 Å². The minimum absolute atomic E-state index is 0.651. The van der Waals surface area contributed by atoms with Gasteiger partial charge < -0.3 is 10.1 Å². The fourth-order valence-electron chi connectivity index (χ4n) is 2.64. The summed E-state index contributed by atoms with van der Waals surface area (Å²) < 4.78 is 7.11. The van der Waals surface area contributed by atoms with E-state index in [1.54, 1.807) is 18.1 Å². The second-order valence-electron chi connectivity index (χ2n) is 5.27. The average molecular weight is 329 g/mol. The number of methoxy groups -OCH3 is 1. The maximum Gasteiger partial charge on any atom is 0.138 e. The Morgan fingerprint density at radius 2 is 1.87 bits per heavy atom. The lowest BCUT2D eigenvalue weighted by Crippen LogP contribution is -2.02. The van der Waals surface area contributed by atoms with Crippen LogP contribution in [0.1, 0.15) is 11.1 Å². The van der Waals surface area contributed by atoms with Crippen LogP contribution in [0.2, 0.25) is 5.02 Å². The molecule has 0 aliphatic heterocycles. The van der Waals surface area contributed by atoms with E-state index in [1.807, 2.05) is 44.2 Å². The Hall–Kier alpha value is -2.53. The van der Waals surface area contributed by atoms with Gasteiger partial charge in [0.15, 0.2) is 0 Å². The third kappa shape index (κ3) is 3.14. The fourth-order valence-corrected chi connectivity index (χ4v) is 2.81. The lowest BCUT2D eigenvalue weighted by atomic mass is 10.1. The van der Waals surface area contributed by atoms with Crippen LogP contribution in [-0.2, 0) is 0 Å². The van der Waals surface area contributed by atoms with E-state index in [1.165, 1.54) is 6.33 Å². The van der Waals surface area contributed by atoms with E-state index in [0.717, 1.165) is 33.9 Å². The Morgan fingerprint density at radius 1 is 1.13 bits per heavy atom. The van der Waals surface area contributed by atoms with E-state index < -0.39 is 0 Å². The summed E-state index contributed by atoms with van der Waals surface area (Å²) in [5, 5.41) is 8.24. The van der Waals surface area contributed by atoms with Gasteiger partial charge in [0.25, 0.3) is 0 Å². The Morgan fingerprint density at radius 3 is 2.48 bits per heavy atom. The maximum absolute atomic E-state index is 6.15. The van der Waals surface area contributed by atoms with Gasteiger partial charge in [0, 0.05) is 10.7 Å². The van der Waals surface area contributed by atoms with Crippen molar-refractivity contribution in [3.05, 3.63) is 59.1 Å². The number of halogens is 1. The molecular weight excluding hydrogens is 312 g/mol. The summed E-state index contributed by atoms with van der Waals surface area (Å²) in [5.74, 6) is 0.901. The fraction of sp³-hybridized carbons (Fsp3) is 0.176. The molecule has 3 rings (SSSR count). The SMILES string of the molecule is COc1c(C)cc(Nc2cc(Cl)ccc2-n2cncn2)cc1C. The molecule has 0 unspecified atom stereocenters. The first kappa shape index (κ1) is 15.4. The van der Waals surface area contributed by atoms with E-state index in [2.05, 4.69) is 15.4 Å². The molecule has 0 bridgehead atoms. The predicted octanol–water partition coefficient (Wildman–Crippen LogP) is 4.29. The molecule has 23 heavy (non-hydrogen) atoms. The van der Waals surface area contributed by atoms with E-state index in [0.29, 0.717) is 5.02 Å². The normalized spacial score (nSPS) is 10.6. The molecule has 0 atom stereocenters. The number of benzene rings is 2. The zero-order chi connectivity index (χ0) is 16.4. The quantitative estimate of drug-likeness (QED) is 0.776. The van der Waals surface area contributed by atoms with Crippen molar-refractivity contribution in [1.29, 1.82) is 0 Å². The average Bonchev–Trinajstić information content (AvgIpc) is 3.01. The number of aryl methyl sites for hydroxylation is 2. The molecule has 6 heteroatoms. The molecule has 0 amide bonds. The minimum Gasteiger partial charge on any atom is -0.496 e. The molecule has 3 aromatic rings. The molecule has 0 saturated carbocycles. The molecule has 0 fully saturated rings. The Kier molecular flexibility index (Phi) is 4.21. The lowest BCUT2D eigenvalue weighted by Gasteiger charge is -2.15. The van der Waals surface area contributed by atoms with E-state index in [-0.39, 0.29) is 0 Å². The van der Waals surface area contributed by atoms with Crippen LogP contribution < -0.4 is 10.1 Å². The predicted molar refractivity (Wildman–Crippen MR) is 92.1 cm³/mol. The Balaban J connectivity index is 2.02. The summed E-state index contributed by atoms with van der Waals surface area (Å²) in [6.45, 7) is 4.04. The molecule has 0 saturated heterocycles. The van der Waals surface area contributed by atoms with Crippen molar-refractivity contribution in [2.75, 3.05) is 12.4 Å². The van der Waals surface area contributed by atoms with Crippen LogP contribution in [0.5, 0.6) is 5.75 Å². The van der Waals surface area contributed by atoms with Crippen LogP contribution in [0.3, 0.4) is 0 Å². The number of nitrogens with one attached hydrogen (secondary N) is 1. The lowest BCUT2D eigenvalue weighted by molar-refractivity contribution is 0.408. The summed E-state index contributed by atoms with van der Waals surface area (Å²) >= 11 is 6.15. The number of anilines is 2. The second-order valence-corrected chi connectivity index (χ2v) is 5.71. The summed E-state index contributed by atoms with van der Waals surface area (Å²) in [7, 11) is 1.68. The van der Waals surface area contributed by atoms with Crippen LogP contribution in [0.15, 0.2) is 43.0 Å². The van der Waals surface area contributed by atoms with Crippen LogP contribution in [0.4, 0.5) is 11.4 Å².